The van der Waals surface area contributed by atoms with Crippen LogP contribution in [0.3, 0.4) is 0 Å². The molecule has 0 amide bonds. The number of benzene rings is 2. The van der Waals surface area contributed by atoms with E-state index in [9.17, 15) is 30.4 Å². The van der Waals surface area contributed by atoms with Crippen LogP contribution in [0, 0.1) is 25.6 Å². The molecule has 11 heteroatoms. The minimum Gasteiger partial charge on any atom is -0.508 e. The van der Waals surface area contributed by atoms with E-state index in [-0.39, 0.29) is 22.6 Å². The van der Waals surface area contributed by atoms with Gasteiger partial charge in [0.2, 0.25) is 12.1 Å². The normalized spacial score (nSPS) is 25.6. The van der Waals surface area contributed by atoms with E-state index in [2.05, 4.69) is 37.2 Å². The fraction of sp³-hybridized carbons (Fsp3) is 0.368. The molecule has 0 bridgehead atoms. The van der Waals surface area contributed by atoms with E-state index in [4.69, 9.17) is 0 Å². The fourth-order valence-electron chi connectivity index (χ4n) is 4.27. The molecule has 1 aliphatic heterocycles. The third-order valence-electron chi connectivity index (χ3n) is 5.62. The molecule has 0 aliphatic carbocycles. The van der Waals surface area contributed by atoms with Crippen molar-refractivity contribution in [1.29, 1.82) is 0 Å². The highest BCUT2D eigenvalue weighted by molar-refractivity contribution is 9.10. The van der Waals surface area contributed by atoms with Gasteiger partial charge in [0.25, 0.3) is 0 Å². The number of halogens is 2. The van der Waals surface area contributed by atoms with Crippen molar-refractivity contribution in [1.82, 2.24) is 5.32 Å². The summed E-state index contributed by atoms with van der Waals surface area (Å²) in [5.41, 5.74) is -0.960. The summed E-state index contributed by atoms with van der Waals surface area (Å²) in [6.45, 7) is 2.94. The Morgan fingerprint density at radius 2 is 1.23 bits per heavy atom. The smallest absolute Gasteiger partial charge is 0.244 e. The molecule has 3 rings (SSSR count). The number of piperidine rings is 1. The third kappa shape index (κ3) is 3.88. The summed E-state index contributed by atoms with van der Waals surface area (Å²) in [7, 11) is 0. The largest absolute Gasteiger partial charge is 0.508 e. The fourth-order valence-corrected chi connectivity index (χ4v) is 5.02. The molecule has 1 aliphatic rings. The molecule has 0 spiro atoms. The zero-order valence-electron chi connectivity index (χ0n) is 16.0. The van der Waals surface area contributed by atoms with Crippen molar-refractivity contribution in [2.75, 3.05) is 0 Å². The SMILES string of the molecule is CC1(C)[C@@H]([N+](=O)[O-])[C@@H](c2cc(Br)ccc2O)N[C@H](c2cc(Br)ccc2O)[C@@H]1[N+](=O)[O-]. The summed E-state index contributed by atoms with van der Waals surface area (Å²) >= 11 is 6.60. The third-order valence-corrected chi connectivity index (χ3v) is 6.61. The van der Waals surface area contributed by atoms with Crippen molar-refractivity contribution in [2.24, 2.45) is 5.41 Å². The Morgan fingerprint density at radius 1 is 0.867 bits per heavy atom. The van der Waals surface area contributed by atoms with Gasteiger partial charge in [0.05, 0.1) is 0 Å². The number of rotatable bonds is 4. The lowest BCUT2D eigenvalue weighted by Gasteiger charge is -2.44. The van der Waals surface area contributed by atoms with Crippen LogP contribution in [-0.4, -0.2) is 32.1 Å². The van der Waals surface area contributed by atoms with Crippen LogP contribution in [0.25, 0.3) is 0 Å². The second-order valence-corrected chi connectivity index (χ2v) is 9.64. The maximum absolute atomic E-state index is 12.1. The van der Waals surface area contributed by atoms with Gasteiger partial charge >= 0.3 is 0 Å². The maximum atomic E-state index is 12.1. The van der Waals surface area contributed by atoms with Gasteiger partial charge in [-0.1, -0.05) is 31.9 Å². The molecule has 1 fully saturated rings. The minimum absolute atomic E-state index is 0.171. The number of hydrogen-bond acceptors (Lipinski definition) is 7. The lowest BCUT2D eigenvalue weighted by atomic mass is 9.66. The summed E-state index contributed by atoms with van der Waals surface area (Å²) < 4.78 is 1.19. The maximum Gasteiger partial charge on any atom is 0.244 e. The van der Waals surface area contributed by atoms with Crippen molar-refractivity contribution in [3.63, 3.8) is 0 Å². The van der Waals surface area contributed by atoms with E-state index in [1.807, 2.05) is 0 Å². The number of nitro groups is 2. The van der Waals surface area contributed by atoms with Crippen LogP contribution in [0.5, 0.6) is 11.5 Å². The van der Waals surface area contributed by atoms with Crippen LogP contribution >= 0.6 is 31.9 Å². The zero-order chi connectivity index (χ0) is 22.4. The number of nitrogens with one attached hydrogen (secondary N) is 1. The van der Waals surface area contributed by atoms with Crippen molar-refractivity contribution >= 4 is 31.9 Å². The van der Waals surface area contributed by atoms with Crippen LogP contribution in [0.15, 0.2) is 45.3 Å². The first kappa shape index (κ1) is 22.4. The standard InChI is InChI=1S/C19H19Br2N3O6/c1-19(2)17(23(27)28)15(11-7-9(20)3-5-13(11)25)22-16(18(19)24(29)30)12-8-10(21)4-6-14(12)26/h3-8,15-18,22,25-26H,1-2H3/t15-,16-,17+,18+/m1/s1. The molecule has 1 heterocycles. The van der Waals surface area contributed by atoms with Crippen LogP contribution in [-0.2, 0) is 0 Å². The topological polar surface area (TPSA) is 139 Å². The second-order valence-electron chi connectivity index (χ2n) is 7.81. The Kier molecular flexibility index (Phi) is 6.08. The van der Waals surface area contributed by atoms with E-state index in [1.54, 1.807) is 24.3 Å². The van der Waals surface area contributed by atoms with Crippen molar-refractivity contribution in [2.45, 2.75) is 38.0 Å². The molecule has 0 radical (unpaired) electrons. The quantitative estimate of drug-likeness (QED) is 0.384. The van der Waals surface area contributed by atoms with Crippen molar-refractivity contribution < 1.29 is 20.1 Å². The molecule has 0 aromatic heterocycles. The summed E-state index contributed by atoms with van der Waals surface area (Å²) in [4.78, 5) is 23.0. The first-order valence-electron chi connectivity index (χ1n) is 8.95. The van der Waals surface area contributed by atoms with Gasteiger partial charge in [-0.05, 0) is 50.2 Å². The van der Waals surface area contributed by atoms with Gasteiger partial charge < -0.3 is 10.2 Å². The average molecular weight is 545 g/mol. The van der Waals surface area contributed by atoms with Crippen LogP contribution in [0.1, 0.15) is 37.1 Å². The number of aromatic hydroxyl groups is 2. The Balaban J connectivity index is 2.25. The monoisotopic (exact) mass is 543 g/mol. The highest BCUT2D eigenvalue weighted by Gasteiger charge is 2.63. The summed E-state index contributed by atoms with van der Waals surface area (Å²) in [5.74, 6) is -0.342. The van der Waals surface area contributed by atoms with E-state index >= 15 is 0 Å². The van der Waals surface area contributed by atoms with Crippen molar-refractivity contribution in [3.8, 4) is 11.5 Å². The first-order valence-corrected chi connectivity index (χ1v) is 10.5. The molecule has 9 nitrogen and oxygen atoms in total. The summed E-state index contributed by atoms with van der Waals surface area (Å²) in [6, 6.07) is 4.13. The molecular weight excluding hydrogens is 526 g/mol. The van der Waals surface area contributed by atoms with Gasteiger partial charge in [-0.25, -0.2) is 0 Å². The van der Waals surface area contributed by atoms with Gasteiger partial charge in [0, 0.05) is 29.9 Å². The van der Waals surface area contributed by atoms with E-state index in [1.165, 1.54) is 26.0 Å². The van der Waals surface area contributed by atoms with Crippen LogP contribution in [0.2, 0.25) is 0 Å². The molecule has 0 unspecified atom stereocenters. The average Bonchev–Trinajstić information content (AvgIpc) is 2.63. The van der Waals surface area contributed by atoms with Gasteiger partial charge in [-0.2, -0.15) is 0 Å². The highest BCUT2D eigenvalue weighted by Crippen LogP contribution is 2.49. The Hall–Kier alpha value is -2.24. The molecule has 2 aromatic rings. The summed E-state index contributed by atoms with van der Waals surface area (Å²) in [5, 5.41) is 48.0. The van der Waals surface area contributed by atoms with E-state index in [0.29, 0.717) is 8.95 Å². The van der Waals surface area contributed by atoms with Crippen LogP contribution in [0.4, 0.5) is 0 Å². The Morgan fingerprint density at radius 3 is 1.57 bits per heavy atom. The first-order chi connectivity index (χ1) is 13.9. The number of phenols is 2. The van der Waals surface area contributed by atoms with Gasteiger partial charge in [0.1, 0.15) is 29.0 Å². The molecule has 3 N–H and O–H groups in total. The molecule has 160 valence electrons. The Bertz CT molecular complexity index is 938. The predicted molar refractivity (Wildman–Crippen MR) is 116 cm³/mol. The molecular formula is C19H19Br2N3O6. The lowest BCUT2D eigenvalue weighted by Crippen LogP contribution is -2.63. The zero-order valence-corrected chi connectivity index (χ0v) is 19.1. The molecule has 1 saturated heterocycles. The van der Waals surface area contributed by atoms with Crippen LogP contribution < -0.4 is 5.32 Å². The van der Waals surface area contributed by atoms with Crippen molar-refractivity contribution in [3.05, 3.63) is 76.7 Å². The van der Waals surface area contributed by atoms with E-state index < -0.39 is 39.4 Å². The van der Waals surface area contributed by atoms with E-state index in [0.717, 1.165) is 0 Å². The molecule has 4 atom stereocenters. The predicted octanol–water partition coefficient (Wildman–Crippen LogP) is 4.33. The van der Waals surface area contributed by atoms with Gasteiger partial charge in [-0.15, -0.1) is 0 Å². The van der Waals surface area contributed by atoms with Gasteiger partial charge in [-0.3, -0.25) is 25.5 Å². The Labute approximate surface area is 188 Å². The number of nitrogens with zero attached hydrogens (tertiary/aromatic N) is 2. The minimum atomic E-state index is -1.43. The number of phenolic OH excluding ortho intramolecular Hbond substituents is 2. The van der Waals surface area contributed by atoms with Gasteiger partial charge in [0.15, 0.2) is 0 Å². The lowest BCUT2D eigenvalue weighted by molar-refractivity contribution is -0.605. The molecule has 2 aromatic carbocycles. The number of hydrogen-bond donors (Lipinski definition) is 3. The summed E-state index contributed by atoms with van der Waals surface area (Å²) in [6.07, 6.45) is 0. The molecule has 0 saturated carbocycles. The molecule has 30 heavy (non-hydrogen) atoms. The highest BCUT2D eigenvalue weighted by atomic mass is 79.9. The second kappa shape index (κ2) is 8.12.